The molecule has 1 rings (SSSR count). The third kappa shape index (κ3) is 2.26. The van der Waals surface area contributed by atoms with Gasteiger partial charge in [0.1, 0.15) is 0 Å². The van der Waals surface area contributed by atoms with Gasteiger partial charge >= 0.3 is 0 Å². The van der Waals surface area contributed by atoms with Crippen molar-refractivity contribution in [3.8, 4) is 0 Å². The minimum atomic E-state index is 1.13. The maximum atomic E-state index is 2.26. The highest BCUT2D eigenvalue weighted by Gasteiger charge is 1.94. The van der Waals surface area contributed by atoms with Gasteiger partial charge in [0.2, 0.25) is 0 Å². The molecule has 0 heterocycles. The maximum Gasteiger partial charge on any atom is 0.00744 e. The molecule has 0 nitrogen and oxygen atoms in total. The van der Waals surface area contributed by atoms with Crippen molar-refractivity contribution in [3.63, 3.8) is 0 Å². The lowest BCUT2D eigenvalue weighted by Crippen LogP contribution is -1.83. The van der Waals surface area contributed by atoms with Gasteiger partial charge in [-0.25, -0.2) is 0 Å². The molecule has 1 aromatic rings. The third-order valence-corrected chi connectivity index (χ3v) is 2.46. The second-order valence-corrected chi connectivity index (χ2v) is 3.59. The highest BCUT2D eigenvalue weighted by Crippen LogP contribution is 2.18. The average molecular weight is 166 g/mol. The molecule has 0 atom stereocenters. The van der Waals surface area contributed by atoms with Crippen LogP contribution in [0.1, 0.15) is 18.1 Å². The zero-order chi connectivity index (χ0) is 8.27. The lowest BCUT2D eigenvalue weighted by atomic mass is 10.1. The van der Waals surface area contributed by atoms with E-state index in [1.165, 1.54) is 16.0 Å². The lowest BCUT2D eigenvalue weighted by molar-refractivity contribution is 1.11. The minimum absolute atomic E-state index is 1.13. The minimum Gasteiger partial charge on any atom is -0.130 e. The Bertz CT molecular complexity index is 218. The van der Waals surface area contributed by atoms with Crippen molar-refractivity contribution in [1.29, 1.82) is 0 Å². The largest absolute Gasteiger partial charge is 0.130 e. The molecule has 0 aliphatic rings. The van der Waals surface area contributed by atoms with Crippen LogP contribution in [-0.2, 0) is 6.42 Å². The summed E-state index contributed by atoms with van der Waals surface area (Å²) in [6.45, 7) is 4.35. The van der Waals surface area contributed by atoms with Gasteiger partial charge in [-0.15, -0.1) is 11.8 Å². The quantitative estimate of drug-likeness (QED) is 0.608. The Labute approximate surface area is 73.0 Å². The van der Waals surface area contributed by atoms with E-state index in [2.05, 4.69) is 38.3 Å². The Hall–Kier alpha value is -0.430. The molecule has 0 amide bonds. The molecule has 60 valence electrons. The molecule has 0 aliphatic heterocycles. The summed E-state index contributed by atoms with van der Waals surface area (Å²) in [5.74, 6) is 0. The van der Waals surface area contributed by atoms with Gasteiger partial charge in [-0.2, -0.15) is 0 Å². The van der Waals surface area contributed by atoms with Gasteiger partial charge in [-0.3, -0.25) is 0 Å². The standard InChI is InChI=1S/C10H14S/c1-4-9-5-8(2)6-10(7-9)11-3/h5-7H,4H2,1-3H3. The van der Waals surface area contributed by atoms with E-state index < -0.39 is 0 Å². The summed E-state index contributed by atoms with van der Waals surface area (Å²) in [5, 5.41) is 0. The number of hydrogen-bond donors (Lipinski definition) is 0. The van der Waals surface area contributed by atoms with Crippen LogP contribution in [0.15, 0.2) is 23.1 Å². The zero-order valence-electron chi connectivity index (χ0n) is 7.35. The van der Waals surface area contributed by atoms with Crippen LogP contribution in [0.25, 0.3) is 0 Å². The predicted octanol–water partition coefficient (Wildman–Crippen LogP) is 3.28. The molecule has 0 N–H and O–H groups in total. The monoisotopic (exact) mass is 166 g/mol. The molecule has 1 aromatic carbocycles. The predicted molar refractivity (Wildman–Crippen MR) is 52.3 cm³/mol. The van der Waals surface area contributed by atoms with Gasteiger partial charge in [0.05, 0.1) is 0 Å². The number of rotatable bonds is 2. The first kappa shape index (κ1) is 8.66. The van der Waals surface area contributed by atoms with Crippen molar-refractivity contribution in [2.45, 2.75) is 25.2 Å². The van der Waals surface area contributed by atoms with Crippen LogP contribution in [0.5, 0.6) is 0 Å². The molecule has 0 radical (unpaired) electrons. The van der Waals surface area contributed by atoms with Crippen molar-refractivity contribution in [3.05, 3.63) is 29.3 Å². The van der Waals surface area contributed by atoms with E-state index in [4.69, 9.17) is 0 Å². The summed E-state index contributed by atoms with van der Waals surface area (Å²) in [5.41, 5.74) is 2.81. The van der Waals surface area contributed by atoms with Gasteiger partial charge in [0, 0.05) is 4.90 Å². The Morgan fingerprint density at radius 3 is 2.55 bits per heavy atom. The van der Waals surface area contributed by atoms with Gasteiger partial charge in [0.25, 0.3) is 0 Å². The van der Waals surface area contributed by atoms with Gasteiger partial charge in [-0.05, 0) is 42.9 Å². The fourth-order valence-corrected chi connectivity index (χ4v) is 1.72. The topological polar surface area (TPSA) is 0 Å². The highest BCUT2D eigenvalue weighted by atomic mass is 32.2. The van der Waals surface area contributed by atoms with Crippen LogP contribution in [0.4, 0.5) is 0 Å². The summed E-state index contributed by atoms with van der Waals surface area (Å²) in [6.07, 6.45) is 3.25. The van der Waals surface area contributed by atoms with E-state index >= 15 is 0 Å². The molecule has 0 saturated carbocycles. The van der Waals surface area contributed by atoms with Crippen LogP contribution in [0.3, 0.4) is 0 Å². The van der Waals surface area contributed by atoms with Crippen LogP contribution in [-0.4, -0.2) is 6.26 Å². The smallest absolute Gasteiger partial charge is 0.00744 e. The van der Waals surface area contributed by atoms with Crippen LogP contribution < -0.4 is 0 Å². The van der Waals surface area contributed by atoms with Gasteiger partial charge in [0.15, 0.2) is 0 Å². The first-order valence-electron chi connectivity index (χ1n) is 3.91. The Morgan fingerprint density at radius 2 is 2.00 bits per heavy atom. The molecule has 0 aliphatic carbocycles. The highest BCUT2D eigenvalue weighted by molar-refractivity contribution is 7.98. The Balaban J connectivity index is 3.02. The Kier molecular flexibility index (Phi) is 3.01. The normalized spacial score (nSPS) is 10.1. The Morgan fingerprint density at radius 1 is 1.27 bits per heavy atom. The van der Waals surface area contributed by atoms with Crippen molar-refractivity contribution < 1.29 is 0 Å². The van der Waals surface area contributed by atoms with E-state index in [1.807, 2.05) is 11.8 Å². The molecule has 11 heavy (non-hydrogen) atoms. The summed E-state index contributed by atoms with van der Waals surface area (Å²) in [4.78, 5) is 1.38. The molecule has 0 unspecified atom stereocenters. The summed E-state index contributed by atoms with van der Waals surface area (Å²) in [6, 6.07) is 6.74. The fraction of sp³-hybridized carbons (Fsp3) is 0.400. The van der Waals surface area contributed by atoms with E-state index in [9.17, 15) is 0 Å². The third-order valence-electron chi connectivity index (χ3n) is 1.75. The van der Waals surface area contributed by atoms with Crippen molar-refractivity contribution in [2.75, 3.05) is 6.26 Å². The van der Waals surface area contributed by atoms with Crippen LogP contribution >= 0.6 is 11.8 Å². The number of aryl methyl sites for hydroxylation is 2. The van der Waals surface area contributed by atoms with E-state index in [-0.39, 0.29) is 0 Å². The molecule has 1 heteroatoms. The first-order chi connectivity index (χ1) is 5.26. The molecule has 0 saturated heterocycles. The number of hydrogen-bond acceptors (Lipinski definition) is 1. The SMILES string of the molecule is CCc1cc(C)cc(SC)c1. The van der Waals surface area contributed by atoms with Crippen LogP contribution in [0.2, 0.25) is 0 Å². The molecular formula is C10H14S. The van der Waals surface area contributed by atoms with Crippen LogP contribution in [0, 0.1) is 6.92 Å². The molecule has 0 aromatic heterocycles. The molecular weight excluding hydrogens is 152 g/mol. The zero-order valence-corrected chi connectivity index (χ0v) is 8.16. The lowest BCUT2D eigenvalue weighted by Gasteiger charge is -2.02. The van der Waals surface area contributed by atoms with E-state index in [0.717, 1.165) is 6.42 Å². The van der Waals surface area contributed by atoms with Gasteiger partial charge < -0.3 is 0 Å². The van der Waals surface area contributed by atoms with Crippen molar-refractivity contribution in [2.24, 2.45) is 0 Å². The average Bonchev–Trinajstić information content (AvgIpc) is 2.03. The fourth-order valence-electron chi connectivity index (χ4n) is 1.15. The van der Waals surface area contributed by atoms with E-state index in [1.54, 1.807) is 0 Å². The molecule has 0 spiro atoms. The van der Waals surface area contributed by atoms with Crippen molar-refractivity contribution >= 4 is 11.8 Å². The second-order valence-electron chi connectivity index (χ2n) is 2.71. The number of benzene rings is 1. The summed E-state index contributed by atoms with van der Waals surface area (Å²) < 4.78 is 0. The van der Waals surface area contributed by atoms with Gasteiger partial charge in [-0.1, -0.05) is 13.0 Å². The maximum absolute atomic E-state index is 2.26. The van der Waals surface area contributed by atoms with E-state index in [0.29, 0.717) is 0 Å². The second kappa shape index (κ2) is 3.82. The first-order valence-corrected chi connectivity index (χ1v) is 5.13. The molecule has 0 bridgehead atoms. The number of thioether (sulfide) groups is 1. The summed E-state index contributed by atoms with van der Waals surface area (Å²) >= 11 is 1.81. The molecule has 0 fully saturated rings. The summed E-state index contributed by atoms with van der Waals surface area (Å²) in [7, 11) is 0. The van der Waals surface area contributed by atoms with Crippen molar-refractivity contribution in [1.82, 2.24) is 0 Å².